The molecule has 1 saturated heterocycles. The Balaban J connectivity index is 1.92. The van der Waals surface area contributed by atoms with E-state index in [0.29, 0.717) is 13.0 Å². The van der Waals surface area contributed by atoms with Gasteiger partial charge in [-0.3, -0.25) is 4.79 Å². The van der Waals surface area contributed by atoms with Gasteiger partial charge in [0.25, 0.3) is 0 Å². The molecule has 2 N–H and O–H groups in total. The average molecular weight is 228 g/mol. The zero-order valence-corrected chi connectivity index (χ0v) is 9.18. The number of rotatable bonds is 2. The van der Waals surface area contributed by atoms with E-state index in [4.69, 9.17) is 0 Å². The number of nitrogens with one attached hydrogen (secondary N) is 2. The summed E-state index contributed by atoms with van der Waals surface area (Å²) >= 11 is 0. The van der Waals surface area contributed by atoms with Crippen LogP contribution >= 0.6 is 0 Å². The van der Waals surface area contributed by atoms with Crippen LogP contribution in [0.4, 0.5) is 5.69 Å². The van der Waals surface area contributed by atoms with E-state index in [-0.39, 0.29) is 11.9 Å². The molecule has 0 saturated carbocycles. The summed E-state index contributed by atoms with van der Waals surface area (Å²) in [4.78, 5) is 11.1. The Bertz CT molecular complexity index is 564. The van der Waals surface area contributed by atoms with E-state index in [2.05, 4.69) is 20.8 Å². The lowest BCUT2D eigenvalue weighted by Crippen LogP contribution is -2.22. The number of hydrogen-bond donors (Lipinski definition) is 2. The first-order valence-electron chi connectivity index (χ1n) is 5.56. The van der Waals surface area contributed by atoms with Gasteiger partial charge in [-0.1, -0.05) is 18.2 Å². The van der Waals surface area contributed by atoms with Crippen molar-refractivity contribution in [1.82, 2.24) is 15.5 Å². The number of fused-ring (bicyclic) bond motifs is 1. The minimum absolute atomic E-state index is 0.0915. The van der Waals surface area contributed by atoms with Gasteiger partial charge in [0.05, 0.1) is 23.4 Å². The van der Waals surface area contributed by atoms with Crippen molar-refractivity contribution in [3.05, 3.63) is 30.5 Å². The van der Waals surface area contributed by atoms with Crippen molar-refractivity contribution in [2.24, 2.45) is 0 Å². The lowest BCUT2D eigenvalue weighted by atomic mass is 10.2. The number of carbonyl (C=O) groups is 1. The first-order chi connectivity index (χ1) is 8.33. The normalized spacial score (nSPS) is 19.3. The largest absolute Gasteiger partial charge is 0.378 e. The van der Waals surface area contributed by atoms with Crippen LogP contribution in [0.1, 0.15) is 6.42 Å². The third-order valence-electron chi connectivity index (χ3n) is 2.88. The van der Waals surface area contributed by atoms with Gasteiger partial charge in [0.1, 0.15) is 0 Å². The molecule has 5 heteroatoms. The zero-order chi connectivity index (χ0) is 11.7. The van der Waals surface area contributed by atoms with Crippen molar-refractivity contribution >= 4 is 22.5 Å². The van der Waals surface area contributed by atoms with Crippen LogP contribution in [-0.2, 0) is 4.79 Å². The highest BCUT2D eigenvalue weighted by atomic mass is 16.1. The number of aromatic nitrogens is 2. The average Bonchev–Trinajstić information content (AvgIpc) is 2.75. The predicted octanol–water partition coefficient (Wildman–Crippen LogP) is 0.930. The van der Waals surface area contributed by atoms with Gasteiger partial charge in [0.2, 0.25) is 5.91 Å². The predicted molar refractivity (Wildman–Crippen MR) is 64.6 cm³/mol. The molecule has 1 aromatic carbocycles. The first kappa shape index (κ1) is 10.0. The molecule has 2 aromatic rings. The molecule has 1 aromatic heterocycles. The number of carbonyl (C=O) groups excluding carboxylic acids is 1. The molecule has 2 heterocycles. The molecular formula is C12H12N4O. The third-order valence-corrected chi connectivity index (χ3v) is 2.88. The van der Waals surface area contributed by atoms with Crippen LogP contribution in [0.5, 0.6) is 0 Å². The molecule has 17 heavy (non-hydrogen) atoms. The van der Waals surface area contributed by atoms with Gasteiger partial charge in [0.15, 0.2) is 0 Å². The lowest BCUT2D eigenvalue weighted by Gasteiger charge is -2.13. The Morgan fingerprint density at radius 2 is 2.24 bits per heavy atom. The maximum Gasteiger partial charge on any atom is 0.222 e. The van der Waals surface area contributed by atoms with Crippen molar-refractivity contribution in [2.45, 2.75) is 12.5 Å². The zero-order valence-electron chi connectivity index (χ0n) is 9.18. The molecule has 0 aliphatic carbocycles. The fourth-order valence-electron chi connectivity index (χ4n) is 2.05. The minimum Gasteiger partial charge on any atom is -0.378 e. The first-order valence-corrected chi connectivity index (χ1v) is 5.56. The molecule has 86 valence electrons. The molecular weight excluding hydrogens is 216 g/mol. The monoisotopic (exact) mass is 228 g/mol. The van der Waals surface area contributed by atoms with E-state index in [9.17, 15) is 4.79 Å². The number of benzene rings is 1. The molecule has 0 bridgehead atoms. The van der Waals surface area contributed by atoms with Crippen LogP contribution in [0.2, 0.25) is 0 Å². The van der Waals surface area contributed by atoms with Gasteiger partial charge in [-0.05, 0) is 6.07 Å². The topological polar surface area (TPSA) is 66.9 Å². The van der Waals surface area contributed by atoms with E-state index in [1.54, 1.807) is 6.20 Å². The van der Waals surface area contributed by atoms with Gasteiger partial charge in [0, 0.05) is 18.4 Å². The second-order valence-corrected chi connectivity index (χ2v) is 4.12. The molecule has 3 rings (SSSR count). The molecule has 1 amide bonds. The number of hydrogen-bond acceptors (Lipinski definition) is 4. The van der Waals surface area contributed by atoms with E-state index in [0.717, 1.165) is 16.6 Å². The summed E-state index contributed by atoms with van der Waals surface area (Å²) in [6.45, 7) is 0.662. The smallest absolute Gasteiger partial charge is 0.222 e. The van der Waals surface area contributed by atoms with E-state index >= 15 is 0 Å². The summed E-state index contributed by atoms with van der Waals surface area (Å²) < 4.78 is 0. The van der Waals surface area contributed by atoms with Crippen LogP contribution in [0, 0.1) is 0 Å². The molecule has 1 atom stereocenters. The number of nitrogens with zero attached hydrogens (tertiary/aromatic N) is 2. The highest BCUT2D eigenvalue weighted by Crippen LogP contribution is 2.21. The third kappa shape index (κ3) is 1.91. The second-order valence-electron chi connectivity index (χ2n) is 4.12. The van der Waals surface area contributed by atoms with Crippen LogP contribution in [0.15, 0.2) is 30.5 Å². The highest BCUT2D eigenvalue weighted by Gasteiger charge is 2.21. The maximum atomic E-state index is 11.1. The van der Waals surface area contributed by atoms with E-state index in [1.807, 2.05) is 24.3 Å². The molecule has 0 spiro atoms. The molecule has 1 unspecified atom stereocenters. The minimum atomic E-state index is 0.0915. The molecule has 1 fully saturated rings. The van der Waals surface area contributed by atoms with Crippen molar-refractivity contribution in [3.8, 4) is 0 Å². The summed E-state index contributed by atoms with van der Waals surface area (Å²) in [5.41, 5.74) is 1.78. The van der Waals surface area contributed by atoms with E-state index < -0.39 is 0 Å². The maximum absolute atomic E-state index is 11.1. The molecule has 1 aliphatic rings. The Morgan fingerprint density at radius 1 is 1.35 bits per heavy atom. The number of anilines is 1. The lowest BCUT2D eigenvalue weighted by molar-refractivity contribution is -0.119. The van der Waals surface area contributed by atoms with E-state index in [1.165, 1.54) is 0 Å². The summed E-state index contributed by atoms with van der Waals surface area (Å²) in [6, 6.07) is 7.95. The summed E-state index contributed by atoms with van der Waals surface area (Å²) in [5.74, 6) is 0.0915. The Hall–Kier alpha value is -2.17. The fraction of sp³-hybridized carbons (Fsp3) is 0.250. The van der Waals surface area contributed by atoms with Crippen LogP contribution in [-0.4, -0.2) is 28.7 Å². The van der Waals surface area contributed by atoms with Crippen LogP contribution in [0.25, 0.3) is 10.9 Å². The van der Waals surface area contributed by atoms with Gasteiger partial charge in [-0.25, -0.2) is 0 Å². The standard InChI is InChI=1S/C12H12N4O/c17-12-5-8(6-13-12)15-11-7-14-16-10-4-2-1-3-9(10)11/h1-4,7-8H,5-6H2,(H,13,17)(H,15,16). The van der Waals surface area contributed by atoms with Crippen LogP contribution < -0.4 is 10.6 Å². The summed E-state index contributed by atoms with van der Waals surface area (Å²) in [5, 5.41) is 15.2. The van der Waals surface area contributed by atoms with Crippen molar-refractivity contribution < 1.29 is 4.79 Å². The second kappa shape index (κ2) is 4.01. The summed E-state index contributed by atoms with van der Waals surface area (Å²) in [7, 11) is 0. The quantitative estimate of drug-likeness (QED) is 0.802. The Morgan fingerprint density at radius 3 is 3.06 bits per heavy atom. The van der Waals surface area contributed by atoms with Crippen molar-refractivity contribution in [1.29, 1.82) is 0 Å². The van der Waals surface area contributed by atoms with Gasteiger partial charge in [-0.15, -0.1) is 0 Å². The van der Waals surface area contributed by atoms with Gasteiger partial charge in [-0.2, -0.15) is 10.2 Å². The van der Waals surface area contributed by atoms with Gasteiger partial charge < -0.3 is 10.6 Å². The Kier molecular flexibility index (Phi) is 2.36. The summed E-state index contributed by atoms with van der Waals surface area (Å²) in [6.07, 6.45) is 2.21. The van der Waals surface area contributed by atoms with Gasteiger partial charge >= 0.3 is 0 Å². The Labute approximate surface area is 98.2 Å². The molecule has 1 aliphatic heterocycles. The van der Waals surface area contributed by atoms with Crippen molar-refractivity contribution in [2.75, 3.05) is 11.9 Å². The molecule has 5 nitrogen and oxygen atoms in total. The molecule has 0 radical (unpaired) electrons. The number of amides is 1. The SMILES string of the molecule is O=C1CC(Nc2cnnc3ccccc23)CN1. The van der Waals surface area contributed by atoms with Crippen molar-refractivity contribution in [3.63, 3.8) is 0 Å². The highest BCUT2D eigenvalue weighted by molar-refractivity contribution is 5.90. The van der Waals surface area contributed by atoms with Crippen LogP contribution in [0.3, 0.4) is 0 Å². The fourth-order valence-corrected chi connectivity index (χ4v) is 2.05.